The van der Waals surface area contributed by atoms with E-state index < -0.39 is 11.6 Å². The molecule has 7 nitrogen and oxygen atoms in total. The zero-order valence-electron chi connectivity index (χ0n) is 17.7. The molecule has 0 aromatic carbocycles. The molecule has 2 N–H and O–H groups in total. The highest BCUT2D eigenvalue weighted by Crippen LogP contribution is 2.60. The highest BCUT2D eigenvalue weighted by molar-refractivity contribution is 5.64. The van der Waals surface area contributed by atoms with Gasteiger partial charge in [0.05, 0.1) is 42.3 Å². The SMILES string of the molecule is COc1cc2ncc(-c3cccc(N[C@H]4CNC[C@@H]4OC)n3)n2cc1C1(C(F)(F)F)CC1. The summed E-state index contributed by atoms with van der Waals surface area (Å²) in [5.74, 6) is 0.864. The maximum absolute atomic E-state index is 13.8. The van der Waals surface area contributed by atoms with Crippen molar-refractivity contribution in [3.63, 3.8) is 0 Å². The van der Waals surface area contributed by atoms with Crippen molar-refractivity contribution in [3.8, 4) is 17.1 Å². The second-order valence-corrected chi connectivity index (χ2v) is 8.30. The summed E-state index contributed by atoms with van der Waals surface area (Å²) in [6.45, 7) is 1.51. The lowest BCUT2D eigenvalue weighted by molar-refractivity contribution is -0.161. The van der Waals surface area contributed by atoms with Crippen LogP contribution in [0.1, 0.15) is 18.4 Å². The Bertz CT molecular complexity index is 1140. The summed E-state index contributed by atoms with van der Waals surface area (Å²) in [6, 6.07) is 7.16. The predicted molar refractivity (Wildman–Crippen MR) is 113 cm³/mol. The number of rotatable bonds is 6. The second kappa shape index (κ2) is 7.63. The Morgan fingerprint density at radius 2 is 2.03 bits per heavy atom. The first-order valence-corrected chi connectivity index (χ1v) is 10.5. The Labute approximate surface area is 183 Å². The van der Waals surface area contributed by atoms with Crippen molar-refractivity contribution in [3.05, 3.63) is 42.2 Å². The second-order valence-electron chi connectivity index (χ2n) is 8.30. The van der Waals surface area contributed by atoms with Crippen molar-refractivity contribution in [1.82, 2.24) is 19.7 Å². The monoisotopic (exact) mass is 447 g/mol. The molecule has 1 aliphatic heterocycles. The van der Waals surface area contributed by atoms with Crippen LogP contribution in [0.25, 0.3) is 17.0 Å². The summed E-state index contributed by atoms with van der Waals surface area (Å²) in [4.78, 5) is 9.07. The molecule has 0 spiro atoms. The Morgan fingerprint density at radius 1 is 1.22 bits per heavy atom. The summed E-state index contributed by atoms with van der Waals surface area (Å²) in [7, 11) is 3.06. The normalized spacial score (nSPS) is 22.3. The van der Waals surface area contributed by atoms with E-state index in [0.717, 1.165) is 13.1 Å². The van der Waals surface area contributed by atoms with Crippen LogP contribution >= 0.6 is 0 Å². The standard InChI is InChI=1S/C22H24F3N5O2/c1-31-17-8-20-27-10-16(30(20)12-13(17)21(6-7-21)22(23,24)25)14-4-3-5-19(28-14)29-15-9-26-11-18(15)32-2/h3-5,8,10,12,15,18,26H,6-7,9,11H2,1-2H3,(H,28,29)/t15-,18-/m0/s1. The van der Waals surface area contributed by atoms with Gasteiger partial charge in [-0.2, -0.15) is 13.2 Å². The van der Waals surface area contributed by atoms with Crippen LogP contribution in [0.3, 0.4) is 0 Å². The lowest BCUT2D eigenvalue weighted by Gasteiger charge is -2.22. The molecule has 5 rings (SSSR count). The first kappa shape index (κ1) is 21.0. The van der Waals surface area contributed by atoms with Gasteiger partial charge >= 0.3 is 6.18 Å². The first-order valence-electron chi connectivity index (χ1n) is 10.5. The summed E-state index contributed by atoms with van der Waals surface area (Å²) >= 11 is 0. The van der Waals surface area contributed by atoms with Crippen LogP contribution < -0.4 is 15.4 Å². The number of methoxy groups -OCH3 is 2. The number of ether oxygens (including phenoxy) is 2. The van der Waals surface area contributed by atoms with Crippen molar-refractivity contribution in [2.45, 2.75) is 36.6 Å². The Kier molecular flexibility index (Phi) is 5.01. The highest BCUT2D eigenvalue weighted by Gasteiger charge is 2.65. The van der Waals surface area contributed by atoms with Crippen molar-refractivity contribution in [1.29, 1.82) is 0 Å². The topological polar surface area (TPSA) is 72.7 Å². The number of halogens is 3. The van der Waals surface area contributed by atoms with E-state index in [-0.39, 0.29) is 36.3 Å². The number of nitrogens with zero attached hydrogens (tertiary/aromatic N) is 3. The first-order chi connectivity index (χ1) is 15.4. The van der Waals surface area contributed by atoms with Gasteiger partial charge in [-0.3, -0.25) is 4.40 Å². The van der Waals surface area contributed by atoms with Gasteiger partial charge in [0.15, 0.2) is 0 Å². The van der Waals surface area contributed by atoms with E-state index in [1.54, 1.807) is 23.8 Å². The Morgan fingerprint density at radius 3 is 2.72 bits per heavy atom. The third-order valence-corrected chi connectivity index (χ3v) is 6.44. The molecule has 10 heteroatoms. The zero-order valence-corrected chi connectivity index (χ0v) is 17.7. The molecule has 2 atom stereocenters. The van der Waals surface area contributed by atoms with Gasteiger partial charge in [-0.1, -0.05) is 6.07 Å². The van der Waals surface area contributed by atoms with Gasteiger partial charge in [0.25, 0.3) is 0 Å². The van der Waals surface area contributed by atoms with Gasteiger partial charge in [0.2, 0.25) is 0 Å². The molecule has 1 aliphatic carbocycles. The van der Waals surface area contributed by atoms with Crippen LogP contribution in [0.4, 0.5) is 19.0 Å². The van der Waals surface area contributed by atoms with Gasteiger partial charge in [0.1, 0.15) is 17.2 Å². The number of imidazole rings is 1. The number of hydrogen-bond donors (Lipinski definition) is 2. The van der Waals surface area contributed by atoms with Gasteiger partial charge in [-0.15, -0.1) is 0 Å². The lowest BCUT2D eigenvalue weighted by Crippen LogP contribution is -2.33. The summed E-state index contributed by atoms with van der Waals surface area (Å²) in [6.07, 6.45) is -1.09. The molecule has 170 valence electrons. The van der Waals surface area contributed by atoms with E-state index >= 15 is 0 Å². The molecule has 3 aromatic heterocycles. The number of nitrogens with one attached hydrogen (secondary N) is 2. The molecule has 4 heterocycles. The molecule has 1 saturated heterocycles. The lowest BCUT2D eigenvalue weighted by atomic mass is 9.96. The molecular weight excluding hydrogens is 423 g/mol. The number of fused-ring (bicyclic) bond motifs is 1. The quantitative estimate of drug-likeness (QED) is 0.604. The average Bonchev–Trinajstić information content (AvgIpc) is 3.32. The molecule has 32 heavy (non-hydrogen) atoms. The largest absolute Gasteiger partial charge is 0.496 e. The smallest absolute Gasteiger partial charge is 0.398 e. The van der Waals surface area contributed by atoms with Crippen LogP contribution in [0.2, 0.25) is 0 Å². The Hall–Kier alpha value is -2.85. The number of pyridine rings is 2. The number of alkyl halides is 3. The molecule has 2 fully saturated rings. The van der Waals surface area contributed by atoms with Crippen LogP contribution in [-0.4, -0.2) is 60.0 Å². The van der Waals surface area contributed by atoms with Gasteiger partial charge in [-0.25, -0.2) is 9.97 Å². The minimum atomic E-state index is -4.34. The molecule has 0 amide bonds. The van der Waals surface area contributed by atoms with Crippen LogP contribution in [0.5, 0.6) is 5.75 Å². The molecule has 0 unspecified atom stereocenters. The fraction of sp³-hybridized carbons (Fsp3) is 0.455. The number of aromatic nitrogens is 3. The molecular formula is C22H24F3N5O2. The van der Waals surface area contributed by atoms with Crippen LogP contribution in [0, 0.1) is 0 Å². The third-order valence-electron chi connectivity index (χ3n) is 6.44. The minimum Gasteiger partial charge on any atom is -0.496 e. The van der Waals surface area contributed by atoms with Gasteiger partial charge in [-0.05, 0) is 25.0 Å². The zero-order chi connectivity index (χ0) is 22.5. The van der Waals surface area contributed by atoms with E-state index in [2.05, 4.69) is 20.6 Å². The Balaban J connectivity index is 1.54. The van der Waals surface area contributed by atoms with Crippen molar-refractivity contribution < 1.29 is 22.6 Å². The van der Waals surface area contributed by atoms with Crippen molar-refractivity contribution >= 4 is 11.5 Å². The predicted octanol–water partition coefficient (Wildman–Crippen LogP) is 3.40. The fourth-order valence-corrected chi connectivity index (χ4v) is 4.45. The number of hydrogen-bond acceptors (Lipinski definition) is 6. The summed E-state index contributed by atoms with van der Waals surface area (Å²) < 4.78 is 54.0. The van der Waals surface area contributed by atoms with E-state index in [0.29, 0.717) is 22.9 Å². The maximum Gasteiger partial charge on any atom is 0.398 e. The maximum atomic E-state index is 13.8. The summed E-state index contributed by atoms with van der Waals surface area (Å²) in [5, 5.41) is 6.65. The van der Waals surface area contributed by atoms with Crippen molar-refractivity contribution in [2.75, 3.05) is 32.6 Å². The molecule has 0 radical (unpaired) electrons. The number of anilines is 1. The minimum absolute atomic E-state index is 0.0309. The van der Waals surface area contributed by atoms with Crippen LogP contribution in [0.15, 0.2) is 36.7 Å². The molecule has 1 saturated carbocycles. The van der Waals surface area contributed by atoms with E-state index in [1.807, 2.05) is 18.2 Å². The van der Waals surface area contributed by atoms with Gasteiger partial charge in [0, 0.05) is 38.0 Å². The molecule has 2 aliphatic rings. The average molecular weight is 447 g/mol. The highest BCUT2D eigenvalue weighted by atomic mass is 19.4. The third kappa shape index (κ3) is 3.38. The fourth-order valence-electron chi connectivity index (χ4n) is 4.45. The van der Waals surface area contributed by atoms with Gasteiger partial charge < -0.3 is 20.1 Å². The van der Waals surface area contributed by atoms with Crippen LogP contribution in [-0.2, 0) is 10.2 Å². The van der Waals surface area contributed by atoms with Crippen molar-refractivity contribution in [2.24, 2.45) is 0 Å². The van der Waals surface area contributed by atoms with E-state index in [4.69, 9.17) is 9.47 Å². The summed E-state index contributed by atoms with van der Waals surface area (Å²) in [5.41, 5.74) is -0.0179. The van der Waals surface area contributed by atoms with E-state index in [1.165, 1.54) is 13.3 Å². The molecule has 3 aromatic rings. The molecule has 0 bridgehead atoms. The van der Waals surface area contributed by atoms with E-state index in [9.17, 15) is 13.2 Å².